The highest BCUT2D eigenvalue weighted by Crippen LogP contribution is 2.32. The normalized spacial score (nSPS) is 20.6. The highest BCUT2D eigenvalue weighted by atomic mass is 35.5. The second-order valence-corrected chi connectivity index (χ2v) is 8.67. The molecule has 4 heterocycles. The molecule has 2 aliphatic rings. The average molecular weight is 450 g/mol. The summed E-state index contributed by atoms with van der Waals surface area (Å²) < 4.78 is 16.1. The Morgan fingerprint density at radius 1 is 1.28 bits per heavy atom. The molecule has 6 nitrogen and oxygen atoms in total. The van der Waals surface area contributed by atoms with Crippen LogP contribution in [-0.2, 0) is 6.42 Å². The zero-order valence-electron chi connectivity index (χ0n) is 17.9. The number of carbonyl (C=O) groups excluding carboxylic acids is 1. The number of benzene rings is 1. The Labute approximate surface area is 192 Å². The Hall–Kier alpha value is -2.87. The predicted octanol–water partition coefficient (Wildman–Crippen LogP) is 2.89. The van der Waals surface area contributed by atoms with Crippen LogP contribution in [0.25, 0.3) is 16.9 Å². The molecule has 0 bridgehead atoms. The molecular formula is C23H22BClFN5O. The smallest absolute Gasteiger partial charge is 0.272 e. The summed E-state index contributed by atoms with van der Waals surface area (Å²) in [5.41, 5.74) is 2.85. The molecule has 2 unspecified atom stereocenters. The molecule has 162 valence electrons. The van der Waals surface area contributed by atoms with E-state index in [4.69, 9.17) is 19.4 Å². The van der Waals surface area contributed by atoms with Gasteiger partial charge in [-0.3, -0.25) is 4.79 Å². The summed E-state index contributed by atoms with van der Waals surface area (Å²) in [7, 11) is 5.67. The number of nitrogens with zero attached hydrogens (tertiary/aromatic N) is 5. The molecule has 3 aromatic rings. The lowest BCUT2D eigenvalue weighted by Crippen LogP contribution is -2.57. The van der Waals surface area contributed by atoms with Gasteiger partial charge in [-0.15, -0.1) is 0 Å². The van der Waals surface area contributed by atoms with Crippen LogP contribution < -0.4 is 5.46 Å². The molecule has 2 atom stereocenters. The summed E-state index contributed by atoms with van der Waals surface area (Å²) in [5.74, 6) is -0.558. The first kappa shape index (κ1) is 21.0. The van der Waals surface area contributed by atoms with E-state index in [0.29, 0.717) is 47.6 Å². The maximum Gasteiger partial charge on any atom is 0.272 e. The quantitative estimate of drug-likeness (QED) is 0.456. The third kappa shape index (κ3) is 3.37. The first-order valence-corrected chi connectivity index (χ1v) is 11.1. The molecule has 0 spiro atoms. The van der Waals surface area contributed by atoms with Gasteiger partial charge in [0.1, 0.15) is 24.5 Å². The molecule has 5 rings (SSSR count). The lowest BCUT2D eigenvalue weighted by atomic mass is 9.94. The molecule has 2 aliphatic heterocycles. The van der Waals surface area contributed by atoms with Crippen molar-refractivity contribution in [3.05, 3.63) is 58.8 Å². The molecular weight excluding hydrogens is 428 g/mol. The molecule has 2 radical (unpaired) electrons. The van der Waals surface area contributed by atoms with Gasteiger partial charge in [-0.05, 0) is 38.0 Å². The summed E-state index contributed by atoms with van der Waals surface area (Å²) >= 11 is 6.30. The van der Waals surface area contributed by atoms with E-state index in [2.05, 4.69) is 21.9 Å². The van der Waals surface area contributed by atoms with Crippen molar-refractivity contribution in [2.75, 3.05) is 13.1 Å². The minimum atomic E-state index is -0.446. The Morgan fingerprint density at radius 2 is 2.09 bits per heavy atom. The van der Waals surface area contributed by atoms with Crippen molar-refractivity contribution in [1.82, 2.24) is 24.4 Å². The van der Waals surface area contributed by atoms with Crippen molar-refractivity contribution in [2.24, 2.45) is 0 Å². The molecule has 32 heavy (non-hydrogen) atoms. The third-order valence-corrected chi connectivity index (χ3v) is 6.82. The molecule has 1 fully saturated rings. The van der Waals surface area contributed by atoms with Crippen molar-refractivity contribution in [1.29, 1.82) is 0 Å². The zero-order valence-corrected chi connectivity index (χ0v) is 18.7. The average Bonchev–Trinajstić information content (AvgIpc) is 3.37. The van der Waals surface area contributed by atoms with Gasteiger partial charge in [0.2, 0.25) is 0 Å². The third-order valence-electron chi connectivity index (χ3n) is 6.45. The standard InChI is InChI=1S/C23H22BClFN5O/c1-3-15-11-19(23(32)29-8-9-30-20(13(29)2)6-7-21(30)25)27-22-12-18(28-31(15)22)16-5-4-14(24)10-17(16)26/h4-5,7,10-13,20H,3,6,8-9H2,1-2H3. The van der Waals surface area contributed by atoms with Crippen LogP contribution in [0.5, 0.6) is 0 Å². The Morgan fingerprint density at radius 3 is 2.84 bits per heavy atom. The molecule has 1 saturated heterocycles. The fourth-order valence-electron chi connectivity index (χ4n) is 4.68. The highest BCUT2D eigenvalue weighted by Gasteiger charge is 2.39. The molecule has 9 heteroatoms. The predicted molar refractivity (Wildman–Crippen MR) is 123 cm³/mol. The van der Waals surface area contributed by atoms with Gasteiger partial charge < -0.3 is 9.80 Å². The highest BCUT2D eigenvalue weighted by molar-refractivity contribution is 6.32. The van der Waals surface area contributed by atoms with E-state index in [1.54, 1.807) is 28.8 Å². The number of aryl methyl sites for hydroxylation is 1. The number of amides is 1. The lowest BCUT2D eigenvalue weighted by Gasteiger charge is -2.44. The zero-order chi connectivity index (χ0) is 22.6. The van der Waals surface area contributed by atoms with E-state index >= 15 is 0 Å². The molecule has 1 aromatic carbocycles. The maximum absolute atomic E-state index is 14.4. The number of hydrogen-bond acceptors (Lipinski definition) is 4. The second kappa shape index (κ2) is 7.92. The van der Waals surface area contributed by atoms with Crippen LogP contribution in [0.2, 0.25) is 0 Å². The monoisotopic (exact) mass is 449 g/mol. The first-order valence-electron chi connectivity index (χ1n) is 10.8. The minimum Gasteiger partial charge on any atom is -0.355 e. The number of halogens is 2. The van der Waals surface area contributed by atoms with Gasteiger partial charge in [-0.25, -0.2) is 13.9 Å². The number of aromatic nitrogens is 3. The Bertz CT molecular complexity index is 1260. The molecule has 0 N–H and O–H groups in total. The van der Waals surface area contributed by atoms with Crippen LogP contribution >= 0.6 is 11.6 Å². The molecule has 2 aromatic heterocycles. The van der Waals surface area contributed by atoms with Gasteiger partial charge in [0.05, 0.1) is 11.7 Å². The number of piperazine rings is 1. The molecule has 1 amide bonds. The van der Waals surface area contributed by atoms with E-state index in [1.165, 1.54) is 6.07 Å². The van der Waals surface area contributed by atoms with Crippen LogP contribution in [0.15, 0.2) is 41.6 Å². The van der Waals surface area contributed by atoms with Gasteiger partial charge in [0.25, 0.3) is 5.91 Å². The van der Waals surface area contributed by atoms with Crippen molar-refractivity contribution in [3.63, 3.8) is 0 Å². The summed E-state index contributed by atoms with van der Waals surface area (Å²) in [4.78, 5) is 22.1. The van der Waals surface area contributed by atoms with Crippen LogP contribution in [0, 0.1) is 5.82 Å². The topological polar surface area (TPSA) is 53.7 Å². The molecule has 0 saturated carbocycles. The van der Waals surface area contributed by atoms with Gasteiger partial charge in [-0.1, -0.05) is 36.1 Å². The maximum atomic E-state index is 14.4. The number of carbonyl (C=O) groups is 1. The van der Waals surface area contributed by atoms with E-state index in [9.17, 15) is 9.18 Å². The number of fused-ring (bicyclic) bond motifs is 2. The largest absolute Gasteiger partial charge is 0.355 e. The van der Waals surface area contributed by atoms with Crippen LogP contribution in [0.4, 0.5) is 4.39 Å². The van der Waals surface area contributed by atoms with Gasteiger partial charge in [0.15, 0.2) is 5.65 Å². The van der Waals surface area contributed by atoms with Crippen molar-refractivity contribution < 1.29 is 9.18 Å². The van der Waals surface area contributed by atoms with E-state index in [-0.39, 0.29) is 18.0 Å². The Balaban J connectivity index is 1.50. The summed E-state index contributed by atoms with van der Waals surface area (Å²) in [5, 5.41) is 5.31. The van der Waals surface area contributed by atoms with Gasteiger partial charge >= 0.3 is 0 Å². The summed E-state index contributed by atoms with van der Waals surface area (Å²) in [6, 6.07) is 8.19. The van der Waals surface area contributed by atoms with Gasteiger partial charge in [-0.2, -0.15) is 5.10 Å². The van der Waals surface area contributed by atoms with Gasteiger partial charge in [0, 0.05) is 36.5 Å². The fourth-order valence-corrected chi connectivity index (χ4v) is 4.98. The summed E-state index contributed by atoms with van der Waals surface area (Å²) in [6.45, 7) is 5.32. The van der Waals surface area contributed by atoms with Crippen molar-refractivity contribution in [3.8, 4) is 11.3 Å². The number of hydrogen-bond donors (Lipinski definition) is 0. The first-order chi connectivity index (χ1) is 15.4. The van der Waals surface area contributed by atoms with Crippen LogP contribution in [0.3, 0.4) is 0 Å². The lowest BCUT2D eigenvalue weighted by molar-refractivity contribution is 0.0406. The number of rotatable bonds is 3. The van der Waals surface area contributed by atoms with Crippen molar-refractivity contribution >= 4 is 36.5 Å². The van der Waals surface area contributed by atoms with Crippen LogP contribution in [0.1, 0.15) is 36.5 Å². The second-order valence-electron chi connectivity index (χ2n) is 8.29. The van der Waals surface area contributed by atoms with E-state index in [0.717, 1.165) is 17.3 Å². The van der Waals surface area contributed by atoms with E-state index < -0.39 is 5.82 Å². The SMILES string of the molecule is [B]c1ccc(-c2cc3nc(C(=O)N4CCN5C(Cl)=CCC5C4C)cc(CC)n3n2)c(F)c1. The fraction of sp³-hybridized carbons (Fsp3) is 0.348. The van der Waals surface area contributed by atoms with Crippen molar-refractivity contribution in [2.45, 2.75) is 38.8 Å². The molecule has 0 aliphatic carbocycles. The minimum absolute atomic E-state index is 0.0104. The summed E-state index contributed by atoms with van der Waals surface area (Å²) in [6.07, 6.45) is 3.49. The van der Waals surface area contributed by atoms with Crippen LogP contribution in [-0.4, -0.2) is 63.3 Å². The Kier molecular flexibility index (Phi) is 5.20. The van der Waals surface area contributed by atoms with E-state index in [1.807, 2.05) is 17.9 Å².